The second kappa shape index (κ2) is 7.56. The van der Waals surface area contributed by atoms with Crippen LogP contribution in [0.25, 0.3) is 0 Å². The molecule has 2 saturated carbocycles. The van der Waals surface area contributed by atoms with Gasteiger partial charge in [-0.25, -0.2) is 0 Å². The van der Waals surface area contributed by atoms with Gasteiger partial charge in [-0.2, -0.15) is 0 Å². The number of hydrogen-bond acceptors (Lipinski definition) is 3. The summed E-state index contributed by atoms with van der Waals surface area (Å²) in [4.78, 5) is 0. The van der Waals surface area contributed by atoms with Gasteiger partial charge in [0.1, 0.15) is 6.17 Å². The van der Waals surface area contributed by atoms with Gasteiger partial charge < -0.3 is 20.9 Å². The Balaban J connectivity index is 1.47. The van der Waals surface area contributed by atoms with Crippen LogP contribution in [-0.4, -0.2) is 41.7 Å². The molecule has 0 spiro atoms. The normalized spacial score (nSPS) is 49.9. The molecule has 5 heteroatoms. The molecule has 0 aromatic heterocycles. The van der Waals surface area contributed by atoms with Gasteiger partial charge in [-0.15, -0.1) is 0 Å². The van der Waals surface area contributed by atoms with Crippen LogP contribution in [-0.2, 0) is 4.74 Å². The first-order valence-electron chi connectivity index (χ1n) is 11.5. The molecule has 3 aliphatic heterocycles. The minimum absolute atomic E-state index is 0.0117. The van der Waals surface area contributed by atoms with E-state index in [9.17, 15) is 5.11 Å². The van der Waals surface area contributed by atoms with Crippen LogP contribution in [0.15, 0.2) is 0 Å². The largest absolute Gasteiger partial charge is 0.396 e. The summed E-state index contributed by atoms with van der Waals surface area (Å²) in [6, 6.07) is 0.518. The summed E-state index contributed by atoms with van der Waals surface area (Å²) in [6.07, 6.45) is 11.3. The van der Waals surface area contributed by atoms with E-state index in [4.69, 9.17) is 10.5 Å². The molecule has 5 fully saturated rings. The molecule has 3 heterocycles. The number of fused-ring (bicyclic) bond motifs is 3. The Morgan fingerprint density at radius 1 is 1.11 bits per heavy atom. The third-order valence-electron chi connectivity index (χ3n) is 8.67. The average molecular weight is 382 g/mol. The Morgan fingerprint density at radius 3 is 2.52 bits per heavy atom. The highest BCUT2D eigenvalue weighted by molar-refractivity contribution is 5.07. The fraction of sp³-hybridized carbons (Fsp3) is 1.00. The van der Waals surface area contributed by atoms with Gasteiger partial charge in [0.05, 0.1) is 23.8 Å². The molecule has 5 nitrogen and oxygen atoms in total. The van der Waals surface area contributed by atoms with Crippen molar-refractivity contribution in [1.82, 2.24) is 0 Å². The van der Waals surface area contributed by atoms with Crippen LogP contribution in [0.4, 0.5) is 0 Å². The quantitative estimate of drug-likeness (QED) is 0.574. The summed E-state index contributed by atoms with van der Waals surface area (Å²) in [5.41, 5.74) is 10.6. The van der Waals surface area contributed by atoms with E-state index in [0.717, 1.165) is 31.1 Å². The molecule has 0 aromatic rings. The molecule has 8 unspecified atom stereocenters. The molecule has 0 aromatic carbocycles. The first-order chi connectivity index (χ1) is 12.8. The van der Waals surface area contributed by atoms with Crippen molar-refractivity contribution >= 4 is 0 Å². The van der Waals surface area contributed by atoms with Crippen molar-refractivity contribution in [3.8, 4) is 0 Å². The lowest BCUT2D eigenvalue weighted by atomic mass is 9.57. The van der Waals surface area contributed by atoms with Crippen LogP contribution in [0.1, 0.15) is 71.6 Å². The summed E-state index contributed by atoms with van der Waals surface area (Å²) in [6.45, 7) is 6.09. The summed E-state index contributed by atoms with van der Waals surface area (Å²) in [7, 11) is 0. The Hall–Kier alpha value is -0.200. The van der Waals surface area contributed by atoms with E-state index < -0.39 is 0 Å². The van der Waals surface area contributed by atoms with E-state index in [1.807, 2.05) is 0 Å². The van der Waals surface area contributed by atoms with Crippen molar-refractivity contribution < 1.29 is 20.9 Å². The minimum Gasteiger partial charge on any atom is -0.396 e. The zero-order valence-corrected chi connectivity index (χ0v) is 17.5. The maximum atomic E-state index is 10.0. The molecule has 156 valence electrons. The molecule has 27 heavy (non-hydrogen) atoms. The molecule has 2 aliphatic carbocycles. The summed E-state index contributed by atoms with van der Waals surface area (Å²) >= 11 is 0. The van der Waals surface area contributed by atoms with Crippen LogP contribution in [0.2, 0.25) is 0 Å². The number of quaternary nitrogens is 2. The molecular formula is C22H43N3O2+2. The first-order valence-corrected chi connectivity index (χ1v) is 11.5. The summed E-state index contributed by atoms with van der Waals surface area (Å²) in [5.74, 6) is 3.18. The predicted octanol–water partition coefficient (Wildman–Crippen LogP) is 0.618. The number of aliphatic hydroxyl groups is 1. The van der Waals surface area contributed by atoms with Crippen molar-refractivity contribution in [3.63, 3.8) is 0 Å². The fourth-order valence-electron chi connectivity index (χ4n) is 7.44. The molecule has 0 radical (unpaired) electrons. The second-order valence-corrected chi connectivity index (χ2v) is 11.0. The SMILES string of the molecule is CC1(C)OC2(C3CC(CO)CC(CC4CCC(N)[NH2+]C4)C3)CCC1C([NH3+])C2. The monoisotopic (exact) mass is 381 g/mol. The van der Waals surface area contributed by atoms with Gasteiger partial charge in [-0.1, -0.05) is 0 Å². The number of hydrogen-bond donors (Lipinski definition) is 4. The molecule has 5 aliphatic rings. The lowest BCUT2D eigenvalue weighted by molar-refractivity contribution is -0.703. The van der Waals surface area contributed by atoms with Gasteiger partial charge in [0.2, 0.25) is 0 Å². The van der Waals surface area contributed by atoms with Crippen LogP contribution in [0, 0.1) is 29.6 Å². The summed E-state index contributed by atoms with van der Waals surface area (Å²) < 4.78 is 6.87. The fourth-order valence-corrected chi connectivity index (χ4v) is 7.44. The number of nitrogens with two attached hydrogens (primary N) is 2. The topological polar surface area (TPSA) is 99.7 Å². The maximum Gasteiger partial charge on any atom is 0.137 e. The number of ether oxygens (including phenoxy) is 1. The molecule has 5 rings (SSSR count). The van der Waals surface area contributed by atoms with Crippen LogP contribution in [0.5, 0.6) is 0 Å². The average Bonchev–Trinajstić information content (AvgIpc) is 2.62. The van der Waals surface area contributed by atoms with Gasteiger partial charge in [0.25, 0.3) is 0 Å². The molecule has 3 saturated heterocycles. The molecule has 8 atom stereocenters. The van der Waals surface area contributed by atoms with Gasteiger partial charge in [-0.05, 0) is 76.5 Å². The van der Waals surface area contributed by atoms with Gasteiger partial charge in [-0.3, -0.25) is 5.73 Å². The van der Waals surface area contributed by atoms with E-state index in [1.54, 1.807) is 0 Å². The number of aliphatic hydroxyl groups excluding tert-OH is 1. The Morgan fingerprint density at radius 2 is 1.89 bits per heavy atom. The van der Waals surface area contributed by atoms with Gasteiger partial charge in [0, 0.05) is 31.3 Å². The highest BCUT2D eigenvalue weighted by Crippen LogP contribution is 2.56. The lowest BCUT2D eigenvalue weighted by Crippen LogP contribution is -2.95. The first kappa shape index (κ1) is 20.1. The van der Waals surface area contributed by atoms with Crippen molar-refractivity contribution in [2.45, 2.75) is 95.0 Å². The molecular weight excluding hydrogens is 338 g/mol. The smallest absolute Gasteiger partial charge is 0.137 e. The van der Waals surface area contributed by atoms with E-state index in [-0.39, 0.29) is 11.2 Å². The Labute approximate surface area is 165 Å². The van der Waals surface area contributed by atoms with Crippen LogP contribution in [0.3, 0.4) is 0 Å². The van der Waals surface area contributed by atoms with E-state index >= 15 is 0 Å². The van der Waals surface area contributed by atoms with E-state index in [1.165, 1.54) is 45.1 Å². The zero-order valence-electron chi connectivity index (χ0n) is 17.5. The lowest BCUT2D eigenvalue weighted by Gasteiger charge is -2.60. The molecule has 8 N–H and O–H groups in total. The van der Waals surface area contributed by atoms with Crippen LogP contribution < -0.4 is 16.8 Å². The predicted molar refractivity (Wildman–Crippen MR) is 105 cm³/mol. The standard InChI is InChI=1S/C22H41N3O2/c1-21(2)18-5-6-22(27-21,11-19(18)23)17-9-15(8-16(10-17)13-26)7-14-3-4-20(24)25-12-14/h14-20,25-26H,3-13,23-24H2,1-2H3/p+2. The highest BCUT2D eigenvalue weighted by atomic mass is 16.5. The summed E-state index contributed by atoms with van der Waals surface area (Å²) in [5, 5.41) is 12.3. The molecule has 2 bridgehead atoms. The highest BCUT2D eigenvalue weighted by Gasteiger charge is 2.59. The third kappa shape index (κ3) is 3.95. The van der Waals surface area contributed by atoms with E-state index in [2.05, 4.69) is 24.9 Å². The van der Waals surface area contributed by atoms with Gasteiger partial charge >= 0.3 is 0 Å². The zero-order chi connectivity index (χ0) is 19.2. The van der Waals surface area contributed by atoms with Crippen LogP contribution >= 0.6 is 0 Å². The molecule has 0 amide bonds. The maximum absolute atomic E-state index is 10.0. The Bertz CT molecular complexity index is 520. The number of rotatable bonds is 4. The van der Waals surface area contributed by atoms with Crippen molar-refractivity contribution in [3.05, 3.63) is 0 Å². The van der Waals surface area contributed by atoms with Crippen molar-refractivity contribution in [2.24, 2.45) is 35.3 Å². The minimum atomic E-state index is -0.0426. The Kier molecular flexibility index (Phi) is 5.63. The van der Waals surface area contributed by atoms with E-state index in [0.29, 0.717) is 36.6 Å². The van der Waals surface area contributed by atoms with Crippen molar-refractivity contribution in [2.75, 3.05) is 13.2 Å². The number of piperidine rings is 1. The van der Waals surface area contributed by atoms with Gasteiger partial charge in [0.15, 0.2) is 0 Å². The van der Waals surface area contributed by atoms with Crippen molar-refractivity contribution in [1.29, 1.82) is 0 Å². The third-order valence-corrected chi connectivity index (χ3v) is 8.67. The second-order valence-electron chi connectivity index (χ2n) is 11.0.